The maximum Gasteiger partial charge on any atom is 0.349 e. The van der Waals surface area contributed by atoms with Gasteiger partial charge in [0, 0.05) is 11.8 Å². The fraction of sp³-hybridized carbons (Fsp3) is 0.0909. The van der Waals surface area contributed by atoms with Gasteiger partial charge in [0.05, 0.1) is 12.1 Å². The molecular weight excluding hydrogens is 316 g/mol. The van der Waals surface area contributed by atoms with Crippen LogP contribution >= 0.6 is 34.8 Å². The number of hydrogen-bond acceptors (Lipinski definition) is 3. The zero-order chi connectivity index (χ0) is 14.6. The molecular formula is C11H8Cl3NO4. The van der Waals surface area contributed by atoms with Crippen molar-refractivity contribution in [2.45, 2.75) is 0 Å². The van der Waals surface area contributed by atoms with E-state index in [-0.39, 0.29) is 0 Å². The molecule has 0 spiro atoms. The maximum atomic E-state index is 11.6. The van der Waals surface area contributed by atoms with Crippen LogP contribution in [0, 0.1) is 0 Å². The molecule has 0 atom stereocenters. The van der Waals surface area contributed by atoms with Crippen molar-refractivity contribution in [1.29, 1.82) is 0 Å². The third kappa shape index (κ3) is 4.02. The van der Waals surface area contributed by atoms with E-state index in [2.05, 4.69) is 5.32 Å². The van der Waals surface area contributed by atoms with Gasteiger partial charge in [-0.05, 0) is 12.1 Å². The normalized spacial score (nSPS) is 11.6. The number of carboxylic acids is 1. The van der Waals surface area contributed by atoms with E-state index in [4.69, 9.17) is 44.6 Å². The first-order chi connectivity index (χ1) is 8.86. The summed E-state index contributed by atoms with van der Waals surface area (Å²) in [6.45, 7) is 0. The lowest BCUT2D eigenvalue weighted by atomic mass is 10.3. The number of hydrogen-bond donors (Lipinski definition) is 2. The summed E-state index contributed by atoms with van der Waals surface area (Å²) in [5, 5.41) is 9.94. The van der Waals surface area contributed by atoms with Crippen LogP contribution in [0.25, 0.3) is 0 Å². The highest BCUT2D eigenvalue weighted by Gasteiger charge is 2.17. The number of rotatable bonds is 4. The van der Waals surface area contributed by atoms with Crippen molar-refractivity contribution in [2.24, 2.45) is 0 Å². The van der Waals surface area contributed by atoms with Gasteiger partial charge in [-0.25, -0.2) is 4.79 Å². The van der Waals surface area contributed by atoms with E-state index in [0.717, 1.165) is 0 Å². The Morgan fingerprint density at radius 3 is 2.42 bits per heavy atom. The lowest BCUT2D eigenvalue weighted by Crippen LogP contribution is -2.14. The van der Waals surface area contributed by atoms with Crippen molar-refractivity contribution in [3.05, 3.63) is 33.3 Å². The van der Waals surface area contributed by atoms with Gasteiger partial charge in [-0.2, -0.15) is 0 Å². The summed E-state index contributed by atoms with van der Waals surface area (Å²) in [5.41, 5.74) is 0.333. The van der Waals surface area contributed by atoms with Crippen molar-refractivity contribution in [1.82, 2.24) is 0 Å². The fourth-order valence-electron chi connectivity index (χ4n) is 1.12. The van der Waals surface area contributed by atoms with Crippen LogP contribution in [-0.2, 0) is 9.59 Å². The van der Waals surface area contributed by atoms with Gasteiger partial charge >= 0.3 is 5.97 Å². The van der Waals surface area contributed by atoms with Crippen molar-refractivity contribution in [3.8, 4) is 5.75 Å². The molecule has 0 aromatic heterocycles. The standard InChI is InChI=1S/C11H8Cl3NO4/c1-19-7-4-5(2-3-6(7)12)15-10(16)8(13)9(14)11(17)18/h2-4H,1H3,(H,15,16)(H,17,18)/b9-8-. The number of nitrogens with one attached hydrogen (secondary N) is 1. The van der Waals surface area contributed by atoms with Crippen molar-refractivity contribution < 1.29 is 19.4 Å². The van der Waals surface area contributed by atoms with Crippen LogP contribution < -0.4 is 10.1 Å². The maximum absolute atomic E-state index is 11.6. The molecule has 0 aliphatic carbocycles. The smallest absolute Gasteiger partial charge is 0.349 e. The number of carbonyl (C=O) groups excluding carboxylic acids is 1. The van der Waals surface area contributed by atoms with Crippen LogP contribution in [0.5, 0.6) is 5.75 Å². The summed E-state index contributed by atoms with van der Waals surface area (Å²) in [7, 11) is 1.42. The Morgan fingerprint density at radius 1 is 1.26 bits per heavy atom. The van der Waals surface area contributed by atoms with E-state index in [1.165, 1.54) is 25.3 Å². The van der Waals surface area contributed by atoms with Gasteiger partial charge in [-0.3, -0.25) is 4.79 Å². The lowest BCUT2D eigenvalue weighted by Gasteiger charge is -2.08. The third-order valence-electron chi connectivity index (χ3n) is 1.99. The summed E-state index contributed by atoms with van der Waals surface area (Å²) in [6, 6.07) is 4.47. The molecule has 1 aromatic carbocycles. The minimum Gasteiger partial charge on any atom is -0.495 e. The summed E-state index contributed by atoms with van der Waals surface area (Å²) in [5.74, 6) is -1.99. The predicted octanol–water partition coefficient (Wildman–Crippen LogP) is 3.06. The number of carbonyl (C=O) groups is 2. The summed E-state index contributed by atoms with van der Waals surface area (Å²) >= 11 is 16.7. The minimum atomic E-state index is -1.49. The highest BCUT2D eigenvalue weighted by molar-refractivity contribution is 6.54. The molecule has 5 nitrogen and oxygen atoms in total. The Hall–Kier alpha value is -1.43. The Balaban J connectivity index is 2.95. The number of aliphatic carboxylic acids is 1. The van der Waals surface area contributed by atoms with Crippen LogP contribution in [-0.4, -0.2) is 24.1 Å². The zero-order valence-electron chi connectivity index (χ0n) is 9.54. The van der Waals surface area contributed by atoms with Crippen LogP contribution in [0.1, 0.15) is 0 Å². The highest BCUT2D eigenvalue weighted by Crippen LogP contribution is 2.28. The molecule has 19 heavy (non-hydrogen) atoms. The van der Waals surface area contributed by atoms with E-state index in [9.17, 15) is 9.59 Å². The molecule has 102 valence electrons. The number of amides is 1. The summed E-state index contributed by atoms with van der Waals surface area (Å²) < 4.78 is 4.96. The van der Waals surface area contributed by atoms with Crippen LogP contribution in [0.15, 0.2) is 28.3 Å². The lowest BCUT2D eigenvalue weighted by molar-refractivity contribution is -0.132. The summed E-state index contributed by atoms with van der Waals surface area (Å²) in [6.07, 6.45) is 0. The third-order valence-corrected chi connectivity index (χ3v) is 3.11. The molecule has 1 rings (SSSR count). The second kappa shape index (κ2) is 6.65. The molecule has 8 heteroatoms. The molecule has 0 aliphatic heterocycles. The molecule has 0 aliphatic rings. The largest absolute Gasteiger partial charge is 0.495 e. The summed E-state index contributed by atoms with van der Waals surface area (Å²) in [4.78, 5) is 22.2. The topological polar surface area (TPSA) is 75.6 Å². The molecule has 0 unspecified atom stereocenters. The van der Waals surface area contributed by atoms with E-state index in [1.807, 2.05) is 0 Å². The van der Waals surface area contributed by atoms with Crippen molar-refractivity contribution in [2.75, 3.05) is 12.4 Å². The van der Waals surface area contributed by atoms with Gasteiger partial charge < -0.3 is 15.2 Å². The molecule has 1 aromatic rings. The molecule has 0 bridgehead atoms. The molecule has 2 N–H and O–H groups in total. The van der Waals surface area contributed by atoms with Gasteiger partial charge in [0.25, 0.3) is 5.91 Å². The van der Waals surface area contributed by atoms with Crippen LogP contribution in [0.2, 0.25) is 5.02 Å². The Labute approximate surface area is 123 Å². The Kier molecular flexibility index (Phi) is 5.47. The van der Waals surface area contributed by atoms with Crippen LogP contribution in [0.3, 0.4) is 0 Å². The first-order valence-electron chi connectivity index (χ1n) is 4.80. The first kappa shape index (κ1) is 15.6. The SMILES string of the molecule is COc1cc(NC(=O)/C(Cl)=C(/Cl)C(=O)O)ccc1Cl. The van der Waals surface area contributed by atoms with Gasteiger partial charge in [0.1, 0.15) is 15.8 Å². The molecule has 0 saturated carbocycles. The monoisotopic (exact) mass is 323 g/mol. The molecule has 1 amide bonds. The van der Waals surface area contributed by atoms with E-state index in [1.54, 1.807) is 0 Å². The fourth-order valence-corrected chi connectivity index (χ4v) is 1.53. The number of carboxylic acid groups (broad SMARTS) is 1. The average molecular weight is 325 g/mol. The van der Waals surface area contributed by atoms with Crippen molar-refractivity contribution in [3.63, 3.8) is 0 Å². The van der Waals surface area contributed by atoms with Crippen molar-refractivity contribution >= 4 is 52.4 Å². The number of methoxy groups -OCH3 is 1. The Morgan fingerprint density at radius 2 is 1.89 bits per heavy atom. The Bertz CT molecular complexity index is 557. The van der Waals surface area contributed by atoms with E-state index < -0.39 is 21.9 Å². The average Bonchev–Trinajstić information content (AvgIpc) is 2.38. The number of benzene rings is 1. The van der Waals surface area contributed by atoms with E-state index >= 15 is 0 Å². The highest BCUT2D eigenvalue weighted by atomic mass is 35.5. The van der Waals surface area contributed by atoms with Gasteiger partial charge in [0.15, 0.2) is 0 Å². The minimum absolute atomic E-state index is 0.333. The molecule has 0 radical (unpaired) electrons. The van der Waals surface area contributed by atoms with Crippen LogP contribution in [0.4, 0.5) is 5.69 Å². The van der Waals surface area contributed by atoms with Gasteiger partial charge in [0.2, 0.25) is 0 Å². The van der Waals surface area contributed by atoms with E-state index in [0.29, 0.717) is 16.5 Å². The molecule has 0 heterocycles. The second-order valence-corrected chi connectivity index (χ2v) is 4.40. The number of halogens is 3. The predicted molar refractivity (Wildman–Crippen MR) is 73.0 cm³/mol. The molecule has 0 fully saturated rings. The number of anilines is 1. The first-order valence-corrected chi connectivity index (χ1v) is 5.93. The van der Waals surface area contributed by atoms with Gasteiger partial charge in [-0.15, -0.1) is 0 Å². The second-order valence-electron chi connectivity index (χ2n) is 3.24. The zero-order valence-corrected chi connectivity index (χ0v) is 11.8. The quantitative estimate of drug-likeness (QED) is 0.835. The van der Waals surface area contributed by atoms with Gasteiger partial charge in [-0.1, -0.05) is 34.8 Å². The molecule has 0 saturated heterocycles. The number of ether oxygens (including phenoxy) is 1.